The van der Waals surface area contributed by atoms with Gasteiger partial charge in [-0.2, -0.15) is 18.1 Å². The number of alkyl halides is 2. The van der Waals surface area contributed by atoms with E-state index in [1.54, 1.807) is 4.90 Å². The molecule has 1 N–H and O–H groups in total. The van der Waals surface area contributed by atoms with Crippen molar-refractivity contribution in [1.29, 1.82) is 0 Å². The van der Waals surface area contributed by atoms with Gasteiger partial charge in [-0.15, -0.1) is 5.10 Å². The van der Waals surface area contributed by atoms with Gasteiger partial charge in [0.1, 0.15) is 11.8 Å². The van der Waals surface area contributed by atoms with Crippen LogP contribution in [0.15, 0.2) is 46.2 Å². The number of carbonyl (C=O) groups is 1. The normalized spacial score (nSPS) is 17.7. The molecule has 0 unspecified atom stereocenters. The van der Waals surface area contributed by atoms with E-state index in [9.17, 15) is 31.9 Å². The number of hydrogen-bond donors (Lipinski definition) is 1. The fourth-order valence-electron chi connectivity index (χ4n) is 3.21. The average molecular weight is 487 g/mol. The topological polar surface area (TPSA) is 134 Å². The van der Waals surface area contributed by atoms with Crippen molar-refractivity contribution in [3.63, 3.8) is 0 Å². The highest BCUT2D eigenvalue weighted by atomic mass is 32.2. The first-order valence-corrected chi connectivity index (χ1v) is 11.3. The van der Waals surface area contributed by atoms with Crippen LogP contribution in [-0.4, -0.2) is 70.7 Å². The van der Waals surface area contributed by atoms with Gasteiger partial charge in [0.15, 0.2) is 0 Å². The van der Waals surface area contributed by atoms with Crippen molar-refractivity contribution in [2.75, 3.05) is 24.5 Å². The van der Waals surface area contributed by atoms with E-state index in [4.69, 9.17) is 0 Å². The highest BCUT2D eigenvalue weighted by Crippen LogP contribution is 2.28. The molecule has 0 radical (unpaired) electrons. The van der Waals surface area contributed by atoms with Gasteiger partial charge < -0.3 is 14.7 Å². The number of halogens is 2. The molecule has 32 heavy (non-hydrogen) atoms. The van der Waals surface area contributed by atoms with Gasteiger partial charge >= 0.3 is 12.6 Å². The minimum atomic E-state index is -4.23. The number of aromatic nitrogens is 3. The minimum absolute atomic E-state index is 0.139. The smallest absolute Gasteiger partial charge is 0.387 e. The summed E-state index contributed by atoms with van der Waals surface area (Å²) in [5.41, 5.74) is -0.440. The number of fused-ring (bicyclic) bond motifs is 1. The molecule has 3 aromatic rings. The van der Waals surface area contributed by atoms with Crippen LogP contribution < -0.4 is 15.2 Å². The van der Waals surface area contributed by atoms with Crippen molar-refractivity contribution in [2.45, 2.75) is 17.5 Å². The van der Waals surface area contributed by atoms with Crippen LogP contribution in [0.4, 0.5) is 13.9 Å². The molecule has 2 aromatic heterocycles. The number of ether oxygens (including phenoxy) is 1. The summed E-state index contributed by atoms with van der Waals surface area (Å²) in [5, 5.41) is 14.4. The van der Waals surface area contributed by atoms with Gasteiger partial charge in [-0.3, -0.25) is 9.59 Å². The van der Waals surface area contributed by atoms with Crippen molar-refractivity contribution < 1.29 is 31.8 Å². The van der Waals surface area contributed by atoms with Crippen LogP contribution in [0.25, 0.3) is 4.96 Å². The standard InChI is InChI=1S/C17H15F2N5O6S2/c18-15(19)30-10-1-3-11(4-2-10)32(28,29)24-8-7-22(9-12(24)14(26)27)17-21-23-6-5-13(25)20-16(23)31-17/h1-6,12,15H,7-9H2,(H,26,27)/t12-/m1/s1. The maximum absolute atomic E-state index is 13.1. The summed E-state index contributed by atoms with van der Waals surface area (Å²) < 4.78 is 57.1. The van der Waals surface area contributed by atoms with E-state index in [0.29, 0.717) is 10.1 Å². The van der Waals surface area contributed by atoms with Gasteiger partial charge in [-0.25, -0.2) is 12.9 Å². The van der Waals surface area contributed by atoms with E-state index >= 15 is 0 Å². The molecular formula is C17H15F2N5O6S2. The van der Waals surface area contributed by atoms with Gasteiger partial charge in [0, 0.05) is 31.9 Å². The number of hydrogen-bond acceptors (Lipinski definition) is 9. The number of anilines is 1. The zero-order valence-corrected chi connectivity index (χ0v) is 17.7. The molecule has 0 bridgehead atoms. The summed E-state index contributed by atoms with van der Waals surface area (Å²) in [6.45, 7) is -3.26. The monoisotopic (exact) mass is 487 g/mol. The summed E-state index contributed by atoms with van der Waals surface area (Å²) in [4.78, 5) is 28.8. The van der Waals surface area contributed by atoms with Gasteiger partial charge in [-0.05, 0) is 24.3 Å². The van der Waals surface area contributed by atoms with Crippen LogP contribution in [0.2, 0.25) is 0 Å². The molecule has 0 spiro atoms. The second kappa shape index (κ2) is 8.40. The highest BCUT2D eigenvalue weighted by Gasteiger charge is 2.41. The lowest BCUT2D eigenvalue weighted by Gasteiger charge is -2.38. The van der Waals surface area contributed by atoms with Crippen LogP contribution >= 0.6 is 11.3 Å². The van der Waals surface area contributed by atoms with Crippen LogP contribution in [0.3, 0.4) is 0 Å². The van der Waals surface area contributed by atoms with Crippen molar-refractivity contribution in [3.05, 3.63) is 46.9 Å². The zero-order chi connectivity index (χ0) is 23.0. The molecule has 0 aliphatic carbocycles. The third-order valence-electron chi connectivity index (χ3n) is 4.68. The third-order valence-corrected chi connectivity index (χ3v) is 7.58. The predicted molar refractivity (Wildman–Crippen MR) is 108 cm³/mol. The molecule has 1 fully saturated rings. The van der Waals surface area contributed by atoms with Crippen molar-refractivity contribution in [1.82, 2.24) is 18.9 Å². The lowest BCUT2D eigenvalue weighted by molar-refractivity contribution is -0.141. The Balaban J connectivity index is 1.58. The Hall–Kier alpha value is -3.17. The molecule has 0 amide bonds. The molecule has 1 aliphatic rings. The number of rotatable bonds is 6. The largest absolute Gasteiger partial charge is 0.480 e. The van der Waals surface area contributed by atoms with E-state index in [2.05, 4.69) is 14.8 Å². The van der Waals surface area contributed by atoms with E-state index < -0.39 is 34.2 Å². The van der Waals surface area contributed by atoms with Crippen molar-refractivity contribution in [2.24, 2.45) is 0 Å². The second-order valence-electron chi connectivity index (χ2n) is 6.64. The number of aliphatic carboxylic acids is 1. The van der Waals surface area contributed by atoms with Crippen LogP contribution in [0.5, 0.6) is 5.75 Å². The Morgan fingerprint density at radius 3 is 2.59 bits per heavy atom. The number of nitrogens with zero attached hydrogens (tertiary/aromatic N) is 5. The first-order valence-electron chi connectivity index (χ1n) is 9.06. The van der Waals surface area contributed by atoms with Crippen molar-refractivity contribution >= 4 is 37.4 Å². The molecule has 1 atom stereocenters. The Kier molecular flexibility index (Phi) is 5.79. The molecule has 15 heteroatoms. The fraction of sp³-hybridized carbons (Fsp3) is 0.294. The summed E-state index contributed by atoms with van der Waals surface area (Å²) in [6.07, 6.45) is 1.43. The quantitative estimate of drug-likeness (QED) is 0.534. The zero-order valence-electron chi connectivity index (χ0n) is 16.0. The summed E-state index contributed by atoms with van der Waals surface area (Å²) in [6, 6.07) is 4.11. The molecule has 0 saturated carbocycles. The van der Waals surface area contributed by atoms with Crippen molar-refractivity contribution in [3.8, 4) is 5.75 Å². The minimum Gasteiger partial charge on any atom is -0.480 e. The molecule has 1 aliphatic heterocycles. The number of sulfonamides is 1. The number of benzene rings is 1. The van der Waals surface area contributed by atoms with Crippen LogP contribution in [0, 0.1) is 0 Å². The van der Waals surface area contributed by atoms with Crippen LogP contribution in [-0.2, 0) is 14.8 Å². The van der Waals surface area contributed by atoms with E-state index in [1.807, 2.05) is 0 Å². The molecular weight excluding hydrogens is 472 g/mol. The summed E-state index contributed by atoms with van der Waals surface area (Å²) in [7, 11) is -4.23. The number of carboxylic acid groups (broad SMARTS) is 1. The van der Waals surface area contributed by atoms with Gasteiger partial charge in [0.05, 0.1) is 4.90 Å². The Morgan fingerprint density at radius 2 is 1.94 bits per heavy atom. The average Bonchev–Trinajstić information content (AvgIpc) is 3.16. The first kappa shape index (κ1) is 22.0. The van der Waals surface area contributed by atoms with Gasteiger partial charge in [0.2, 0.25) is 20.1 Å². The first-order chi connectivity index (χ1) is 15.1. The Bertz CT molecular complexity index is 1310. The highest BCUT2D eigenvalue weighted by molar-refractivity contribution is 7.89. The Labute approximate surface area is 183 Å². The second-order valence-corrected chi connectivity index (χ2v) is 9.47. The summed E-state index contributed by atoms with van der Waals surface area (Å²) >= 11 is 1.07. The van der Waals surface area contributed by atoms with E-state index in [0.717, 1.165) is 39.9 Å². The molecule has 11 nitrogen and oxygen atoms in total. The third kappa shape index (κ3) is 4.26. The lowest BCUT2D eigenvalue weighted by Crippen LogP contribution is -2.58. The Morgan fingerprint density at radius 1 is 1.22 bits per heavy atom. The van der Waals surface area contributed by atoms with Gasteiger partial charge in [-0.1, -0.05) is 11.3 Å². The summed E-state index contributed by atoms with van der Waals surface area (Å²) in [5.74, 6) is -1.58. The lowest BCUT2D eigenvalue weighted by atomic mass is 10.2. The molecule has 3 heterocycles. The maximum Gasteiger partial charge on any atom is 0.387 e. The van der Waals surface area contributed by atoms with Crippen LogP contribution in [0.1, 0.15) is 0 Å². The van der Waals surface area contributed by atoms with E-state index in [1.165, 1.54) is 16.8 Å². The molecule has 4 rings (SSSR count). The van der Waals surface area contributed by atoms with E-state index in [-0.39, 0.29) is 30.3 Å². The predicted octanol–water partition coefficient (Wildman–Crippen LogP) is 0.716. The SMILES string of the molecule is O=C(O)[C@H]1CN(c2nn3ccc(=O)nc3s2)CCN1S(=O)(=O)c1ccc(OC(F)F)cc1. The molecule has 170 valence electrons. The fourth-order valence-corrected chi connectivity index (χ4v) is 5.69. The number of piperazine rings is 1. The molecule has 1 aromatic carbocycles. The van der Waals surface area contributed by atoms with Gasteiger partial charge in [0.25, 0.3) is 5.56 Å². The number of carboxylic acids is 1. The molecule has 1 saturated heterocycles. The maximum atomic E-state index is 13.1.